The van der Waals surface area contributed by atoms with Crippen LogP contribution in [0.5, 0.6) is 5.75 Å². The minimum Gasteiger partial charge on any atom is -0.489 e. The number of oxime groups is 1. The molecule has 0 heterocycles. The Morgan fingerprint density at radius 3 is 2.50 bits per heavy atom. The Hall–Kier alpha value is -2.82. The van der Waals surface area contributed by atoms with E-state index in [-0.39, 0.29) is 12.3 Å². The molecule has 2 rings (SSSR count). The molecule has 2 aromatic carbocycles. The maximum atomic E-state index is 11.3. The summed E-state index contributed by atoms with van der Waals surface area (Å²) in [6, 6.07) is 14.7. The summed E-state index contributed by atoms with van der Waals surface area (Å²) >= 11 is 0. The van der Waals surface area contributed by atoms with Gasteiger partial charge >= 0.3 is 5.97 Å². The molecule has 2 aromatic rings. The van der Waals surface area contributed by atoms with Crippen molar-refractivity contribution in [2.24, 2.45) is 5.16 Å². The Kier molecular flexibility index (Phi) is 5.14. The monoisotopic (exact) mass is 299 g/mol. The van der Waals surface area contributed by atoms with E-state index in [2.05, 4.69) is 9.99 Å². The summed E-state index contributed by atoms with van der Waals surface area (Å²) in [5.74, 6) is -0.386. The second kappa shape index (κ2) is 7.26. The van der Waals surface area contributed by atoms with Crippen LogP contribution in [0.1, 0.15) is 16.7 Å². The van der Waals surface area contributed by atoms with Crippen LogP contribution in [0, 0.1) is 6.92 Å². The van der Waals surface area contributed by atoms with Crippen LogP contribution < -0.4 is 4.74 Å². The van der Waals surface area contributed by atoms with Crippen molar-refractivity contribution in [1.29, 1.82) is 0 Å². The van der Waals surface area contributed by atoms with E-state index in [4.69, 9.17) is 4.74 Å². The number of rotatable bonds is 6. The van der Waals surface area contributed by atoms with Crippen molar-refractivity contribution < 1.29 is 19.5 Å². The number of aryl methyl sites for hydroxylation is 1. The molecule has 0 aliphatic rings. The average molecular weight is 299 g/mol. The lowest BCUT2D eigenvalue weighted by molar-refractivity contribution is -0.129. The van der Waals surface area contributed by atoms with Gasteiger partial charge in [0.15, 0.2) is 5.71 Å². The zero-order valence-corrected chi connectivity index (χ0v) is 12.4. The van der Waals surface area contributed by atoms with E-state index in [1.807, 2.05) is 43.3 Å². The second-order valence-electron chi connectivity index (χ2n) is 4.64. The van der Waals surface area contributed by atoms with E-state index in [0.29, 0.717) is 5.56 Å². The molecule has 0 aliphatic heterocycles. The molecule has 0 spiro atoms. The number of hydrogen-bond acceptors (Lipinski definition) is 4. The summed E-state index contributed by atoms with van der Waals surface area (Å²) < 4.78 is 5.78. The van der Waals surface area contributed by atoms with Gasteiger partial charge in [0.05, 0.1) is 0 Å². The lowest BCUT2D eigenvalue weighted by atomic mass is 10.0. The number of benzene rings is 2. The Labute approximate surface area is 128 Å². The van der Waals surface area contributed by atoms with E-state index in [1.165, 1.54) is 7.11 Å². The number of carboxylic acid groups (broad SMARTS) is 1. The third kappa shape index (κ3) is 3.63. The van der Waals surface area contributed by atoms with Crippen LogP contribution in [0.3, 0.4) is 0 Å². The van der Waals surface area contributed by atoms with E-state index >= 15 is 0 Å². The van der Waals surface area contributed by atoms with Crippen LogP contribution >= 0.6 is 0 Å². The average Bonchev–Trinajstić information content (AvgIpc) is 2.52. The molecule has 0 radical (unpaired) electrons. The second-order valence-corrected chi connectivity index (χ2v) is 4.64. The molecule has 5 nitrogen and oxygen atoms in total. The fraction of sp³-hybridized carbons (Fsp3) is 0.176. The first-order valence-electron chi connectivity index (χ1n) is 6.74. The number of carbonyl (C=O) groups is 1. The number of carboxylic acids is 1. The fourth-order valence-corrected chi connectivity index (χ4v) is 2.05. The third-order valence-corrected chi connectivity index (χ3v) is 3.13. The topological polar surface area (TPSA) is 68.1 Å². The zero-order valence-electron chi connectivity index (χ0n) is 12.4. The van der Waals surface area contributed by atoms with Gasteiger partial charge in [-0.2, -0.15) is 0 Å². The van der Waals surface area contributed by atoms with Gasteiger partial charge in [-0.3, -0.25) is 0 Å². The maximum Gasteiger partial charge on any atom is 0.358 e. The van der Waals surface area contributed by atoms with E-state index in [1.54, 1.807) is 12.1 Å². The van der Waals surface area contributed by atoms with Crippen LogP contribution in [0.2, 0.25) is 0 Å². The Morgan fingerprint density at radius 2 is 1.82 bits per heavy atom. The number of hydrogen-bond donors (Lipinski definition) is 1. The highest BCUT2D eigenvalue weighted by Crippen LogP contribution is 2.19. The van der Waals surface area contributed by atoms with E-state index in [0.717, 1.165) is 16.9 Å². The molecular formula is C17H17NO4. The molecule has 1 N–H and O–H groups in total. The minimum atomic E-state index is -1.15. The van der Waals surface area contributed by atoms with Gasteiger partial charge in [0.1, 0.15) is 19.5 Å². The molecular weight excluding hydrogens is 282 g/mol. The largest absolute Gasteiger partial charge is 0.489 e. The predicted molar refractivity (Wildman–Crippen MR) is 83.1 cm³/mol. The number of para-hydroxylation sites is 1. The molecule has 5 heteroatoms. The molecule has 0 saturated carbocycles. The van der Waals surface area contributed by atoms with Crippen LogP contribution in [0.25, 0.3) is 0 Å². The van der Waals surface area contributed by atoms with Crippen molar-refractivity contribution >= 4 is 11.7 Å². The summed E-state index contributed by atoms with van der Waals surface area (Å²) in [6.07, 6.45) is 0. The Balaban J connectivity index is 2.27. The number of nitrogens with zero attached hydrogens (tertiary/aromatic N) is 1. The van der Waals surface area contributed by atoms with Crippen molar-refractivity contribution in [1.82, 2.24) is 0 Å². The van der Waals surface area contributed by atoms with Gasteiger partial charge in [0, 0.05) is 5.56 Å². The van der Waals surface area contributed by atoms with Gasteiger partial charge in [-0.05, 0) is 24.1 Å². The lowest BCUT2D eigenvalue weighted by Gasteiger charge is -2.12. The highest BCUT2D eigenvalue weighted by Gasteiger charge is 2.17. The van der Waals surface area contributed by atoms with Crippen LogP contribution in [-0.4, -0.2) is 23.9 Å². The highest BCUT2D eigenvalue weighted by molar-refractivity contribution is 6.42. The zero-order chi connectivity index (χ0) is 15.9. The fourth-order valence-electron chi connectivity index (χ4n) is 2.05. The molecule has 114 valence electrons. The highest BCUT2D eigenvalue weighted by atomic mass is 16.6. The maximum absolute atomic E-state index is 11.3. The molecule has 0 amide bonds. The molecule has 0 bridgehead atoms. The summed E-state index contributed by atoms with van der Waals surface area (Å²) in [5, 5.41) is 12.8. The van der Waals surface area contributed by atoms with Crippen LogP contribution in [-0.2, 0) is 16.2 Å². The van der Waals surface area contributed by atoms with Crippen LogP contribution in [0.4, 0.5) is 0 Å². The standard InChI is InChI=1S/C17H17NO4/c1-12-7-3-6-10-15(12)22-11-13-8-4-5-9-14(13)16(17(19)20)18-21-2/h3-10H,11H2,1-2H3,(H,19,20). The minimum absolute atomic E-state index is 0.147. The van der Waals surface area contributed by atoms with E-state index < -0.39 is 5.97 Å². The van der Waals surface area contributed by atoms with Gasteiger partial charge < -0.3 is 14.7 Å². The molecule has 0 fully saturated rings. The number of aliphatic carboxylic acids is 1. The first kappa shape index (κ1) is 15.6. The summed E-state index contributed by atoms with van der Waals surface area (Å²) in [5.41, 5.74) is 2.07. The molecule has 0 saturated heterocycles. The van der Waals surface area contributed by atoms with E-state index in [9.17, 15) is 9.90 Å². The van der Waals surface area contributed by atoms with Crippen molar-refractivity contribution in [2.45, 2.75) is 13.5 Å². The predicted octanol–water partition coefficient (Wildman–Crippen LogP) is 3.01. The molecule has 0 atom stereocenters. The smallest absolute Gasteiger partial charge is 0.358 e. The molecule has 0 aliphatic carbocycles. The normalized spacial score (nSPS) is 11.1. The van der Waals surface area contributed by atoms with Crippen LogP contribution in [0.15, 0.2) is 53.7 Å². The van der Waals surface area contributed by atoms with Gasteiger partial charge in [0.25, 0.3) is 0 Å². The first-order chi connectivity index (χ1) is 10.6. The lowest BCUT2D eigenvalue weighted by Crippen LogP contribution is -2.17. The van der Waals surface area contributed by atoms with Crippen molar-refractivity contribution in [3.05, 3.63) is 65.2 Å². The van der Waals surface area contributed by atoms with Gasteiger partial charge in [-0.1, -0.05) is 47.6 Å². The summed E-state index contributed by atoms with van der Waals surface area (Å²) in [4.78, 5) is 15.9. The first-order valence-corrected chi connectivity index (χ1v) is 6.74. The molecule has 0 unspecified atom stereocenters. The van der Waals surface area contributed by atoms with Crippen molar-refractivity contribution in [3.8, 4) is 5.75 Å². The van der Waals surface area contributed by atoms with Crippen molar-refractivity contribution in [2.75, 3.05) is 7.11 Å². The SMILES string of the molecule is CON=C(C(=O)O)c1ccccc1COc1ccccc1C. The summed E-state index contributed by atoms with van der Waals surface area (Å²) in [6.45, 7) is 2.20. The Morgan fingerprint density at radius 1 is 1.14 bits per heavy atom. The molecule has 22 heavy (non-hydrogen) atoms. The number of ether oxygens (including phenoxy) is 1. The van der Waals surface area contributed by atoms with Crippen molar-refractivity contribution in [3.63, 3.8) is 0 Å². The van der Waals surface area contributed by atoms with Gasteiger partial charge in [0.2, 0.25) is 0 Å². The molecule has 0 aromatic heterocycles. The quantitative estimate of drug-likeness (QED) is 0.657. The van der Waals surface area contributed by atoms with Gasteiger partial charge in [-0.25, -0.2) is 4.79 Å². The third-order valence-electron chi connectivity index (χ3n) is 3.13. The summed E-state index contributed by atoms with van der Waals surface area (Å²) in [7, 11) is 1.31. The van der Waals surface area contributed by atoms with Gasteiger partial charge in [-0.15, -0.1) is 0 Å². The Bertz CT molecular complexity index is 695.